The summed E-state index contributed by atoms with van der Waals surface area (Å²) in [6, 6.07) is 0.436. The van der Waals surface area contributed by atoms with Gasteiger partial charge in [0, 0.05) is 25.0 Å². The second-order valence-corrected chi connectivity index (χ2v) is 3.51. The van der Waals surface area contributed by atoms with Crippen LogP contribution in [0.5, 0.6) is 0 Å². The van der Waals surface area contributed by atoms with Crippen LogP contribution in [0.4, 0.5) is 5.95 Å². The van der Waals surface area contributed by atoms with Crippen molar-refractivity contribution in [1.29, 1.82) is 0 Å². The fourth-order valence-electron chi connectivity index (χ4n) is 1.42. The van der Waals surface area contributed by atoms with Crippen molar-refractivity contribution in [3.05, 3.63) is 12.4 Å². The highest BCUT2D eigenvalue weighted by atomic mass is 15.2. The van der Waals surface area contributed by atoms with Crippen molar-refractivity contribution in [3.63, 3.8) is 0 Å². The molecule has 1 rings (SSSR count). The van der Waals surface area contributed by atoms with E-state index in [1.807, 2.05) is 12.4 Å². The van der Waals surface area contributed by atoms with Gasteiger partial charge in [-0.15, -0.1) is 0 Å². The van der Waals surface area contributed by atoms with Crippen LogP contribution in [0.15, 0.2) is 12.4 Å². The molecule has 14 heavy (non-hydrogen) atoms. The summed E-state index contributed by atoms with van der Waals surface area (Å²) in [6.45, 7) is 5.97. The molecule has 0 amide bonds. The van der Waals surface area contributed by atoms with Gasteiger partial charge < -0.3 is 15.6 Å². The maximum absolute atomic E-state index is 5.46. The van der Waals surface area contributed by atoms with Gasteiger partial charge in [0.15, 0.2) is 0 Å². The molecule has 0 aromatic carbocycles. The molecule has 4 heteroatoms. The summed E-state index contributed by atoms with van der Waals surface area (Å²) in [5.74, 6) is 0.956. The molecule has 0 spiro atoms. The van der Waals surface area contributed by atoms with E-state index in [0.717, 1.165) is 31.9 Å². The van der Waals surface area contributed by atoms with Crippen LogP contribution < -0.4 is 11.1 Å². The molecule has 0 fully saturated rings. The molecule has 0 bridgehead atoms. The van der Waals surface area contributed by atoms with Crippen LogP contribution in [0.25, 0.3) is 0 Å². The van der Waals surface area contributed by atoms with Crippen LogP contribution in [-0.2, 0) is 6.54 Å². The van der Waals surface area contributed by atoms with E-state index in [0.29, 0.717) is 6.04 Å². The number of nitrogens with two attached hydrogens (primary N) is 1. The number of rotatable bonds is 6. The Labute approximate surface area is 85.5 Å². The first-order chi connectivity index (χ1) is 6.77. The van der Waals surface area contributed by atoms with E-state index in [2.05, 4.69) is 28.7 Å². The minimum atomic E-state index is 0.436. The van der Waals surface area contributed by atoms with Crippen LogP contribution in [0, 0.1) is 0 Å². The smallest absolute Gasteiger partial charge is 0.202 e. The molecule has 0 saturated carbocycles. The number of hydrogen-bond donors (Lipinski definition) is 2. The zero-order valence-electron chi connectivity index (χ0n) is 9.03. The van der Waals surface area contributed by atoms with Crippen LogP contribution in [0.1, 0.15) is 26.7 Å². The van der Waals surface area contributed by atoms with Crippen molar-refractivity contribution in [2.75, 3.05) is 11.9 Å². The zero-order chi connectivity index (χ0) is 10.4. The molecule has 0 aliphatic carbocycles. The second kappa shape index (κ2) is 5.65. The third-order valence-electron chi connectivity index (χ3n) is 2.27. The van der Waals surface area contributed by atoms with Gasteiger partial charge in [0.1, 0.15) is 0 Å². The molecule has 1 atom stereocenters. The molecule has 0 aliphatic rings. The van der Waals surface area contributed by atoms with E-state index in [4.69, 9.17) is 5.73 Å². The Bertz CT molecular complexity index is 256. The summed E-state index contributed by atoms with van der Waals surface area (Å²) in [5, 5.41) is 3.37. The summed E-state index contributed by atoms with van der Waals surface area (Å²) in [5.41, 5.74) is 5.46. The van der Waals surface area contributed by atoms with Crippen molar-refractivity contribution in [2.24, 2.45) is 5.73 Å². The number of aromatic nitrogens is 2. The lowest BCUT2D eigenvalue weighted by Crippen LogP contribution is -2.19. The minimum Gasteiger partial charge on any atom is -0.353 e. The molecular formula is C10H20N4. The molecule has 1 unspecified atom stereocenters. The van der Waals surface area contributed by atoms with Crippen LogP contribution in [0.3, 0.4) is 0 Å². The van der Waals surface area contributed by atoms with Crippen LogP contribution >= 0.6 is 0 Å². The first kappa shape index (κ1) is 11.0. The largest absolute Gasteiger partial charge is 0.353 e. The fourth-order valence-corrected chi connectivity index (χ4v) is 1.42. The summed E-state index contributed by atoms with van der Waals surface area (Å²) in [6.07, 6.45) is 5.95. The summed E-state index contributed by atoms with van der Waals surface area (Å²) in [4.78, 5) is 4.26. The van der Waals surface area contributed by atoms with Crippen molar-refractivity contribution in [3.8, 4) is 0 Å². The molecular weight excluding hydrogens is 176 g/mol. The normalized spacial score (nSPS) is 12.8. The predicted octanol–water partition coefficient (Wildman–Crippen LogP) is 1.44. The standard InChI is InChI=1S/C10H20N4/c1-3-14-8-7-12-10(14)13-9(2)5-4-6-11/h7-9H,3-6,11H2,1-2H3,(H,12,13). The molecule has 80 valence electrons. The lowest BCUT2D eigenvalue weighted by Gasteiger charge is -2.14. The molecule has 0 saturated heterocycles. The Morgan fingerprint density at radius 2 is 2.43 bits per heavy atom. The van der Waals surface area contributed by atoms with Gasteiger partial charge in [-0.2, -0.15) is 0 Å². The van der Waals surface area contributed by atoms with E-state index in [1.165, 1.54) is 0 Å². The van der Waals surface area contributed by atoms with Crippen LogP contribution in [-0.4, -0.2) is 22.1 Å². The molecule has 1 aromatic heterocycles. The summed E-state index contributed by atoms with van der Waals surface area (Å²) in [7, 11) is 0. The van der Waals surface area contributed by atoms with Gasteiger partial charge in [0.2, 0.25) is 5.95 Å². The molecule has 0 radical (unpaired) electrons. The Morgan fingerprint density at radius 3 is 3.07 bits per heavy atom. The maximum Gasteiger partial charge on any atom is 0.202 e. The SMILES string of the molecule is CCn1ccnc1NC(C)CCCN. The number of aryl methyl sites for hydroxylation is 1. The number of nitrogens with zero attached hydrogens (tertiary/aromatic N) is 2. The van der Waals surface area contributed by atoms with Gasteiger partial charge in [-0.05, 0) is 33.2 Å². The van der Waals surface area contributed by atoms with Gasteiger partial charge in [0.05, 0.1) is 0 Å². The van der Waals surface area contributed by atoms with E-state index in [9.17, 15) is 0 Å². The van der Waals surface area contributed by atoms with E-state index in [-0.39, 0.29) is 0 Å². The Balaban J connectivity index is 2.42. The van der Waals surface area contributed by atoms with Gasteiger partial charge in [-0.25, -0.2) is 4.98 Å². The van der Waals surface area contributed by atoms with Crippen molar-refractivity contribution in [2.45, 2.75) is 39.3 Å². The maximum atomic E-state index is 5.46. The fraction of sp³-hybridized carbons (Fsp3) is 0.700. The van der Waals surface area contributed by atoms with Crippen molar-refractivity contribution >= 4 is 5.95 Å². The van der Waals surface area contributed by atoms with Gasteiger partial charge >= 0.3 is 0 Å². The number of hydrogen-bond acceptors (Lipinski definition) is 3. The monoisotopic (exact) mass is 196 g/mol. The quantitative estimate of drug-likeness (QED) is 0.724. The molecule has 1 heterocycles. The predicted molar refractivity (Wildman–Crippen MR) is 59.3 cm³/mol. The van der Waals surface area contributed by atoms with E-state index < -0.39 is 0 Å². The minimum absolute atomic E-state index is 0.436. The van der Waals surface area contributed by atoms with Crippen LogP contribution in [0.2, 0.25) is 0 Å². The summed E-state index contributed by atoms with van der Waals surface area (Å²) >= 11 is 0. The lowest BCUT2D eigenvalue weighted by atomic mass is 10.2. The van der Waals surface area contributed by atoms with E-state index >= 15 is 0 Å². The van der Waals surface area contributed by atoms with Crippen molar-refractivity contribution < 1.29 is 0 Å². The molecule has 4 nitrogen and oxygen atoms in total. The highest BCUT2D eigenvalue weighted by Crippen LogP contribution is 2.08. The van der Waals surface area contributed by atoms with Gasteiger partial charge in [-0.3, -0.25) is 0 Å². The molecule has 0 aliphatic heterocycles. The summed E-state index contributed by atoms with van der Waals surface area (Å²) < 4.78 is 2.10. The molecule has 3 N–H and O–H groups in total. The average molecular weight is 196 g/mol. The Kier molecular flexibility index (Phi) is 4.46. The average Bonchev–Trinajstić information content (AvgIpc) is 2.62. The first-order valence-electron chi connectivity index (χ1n) is 5.25. The van der Waals surface area contributed by atoms with Crippen molar-refractivity contribution in [1.82, 2.24) is 9.55 Å². The zero-order valence-corrected chi connectivity index (χ0v) is 9.03. The Hall–Kier alpha value is -1.03. The number of imidazole rings is 1. The number of nitrogens with one attached hydrogen (secondary N) is 1. The Morgan fingerprint density at radius 1 is 1.64 bits per heavy atom. The van der Waals surface area contributed by atoms with Gasteiger partial charge in [0.25, 0.3) is 0 Å². The third-order valence-corrected chi connectivity index (χ3v) is 2.27. The van der Waals surface area contributed by atoms with E-state index in [1.54, 1.807) is 0 Å². The first-order valence-corrected chi connectivity index (χ1v) is 5.25. The third kappa shape index (κ3) is 3.03. The topological polar surface area (TPSA) is 55.9 Å². The number of anilines is 1. The highest BCUT2D eigenvalue weighted by molar-refractivity contribution is 5.26. The lowest BCUT2D eigenvalue weighted by molar-refractivity contribution is 0.647. The highest BCUT2D eigenvalue weighted by Gasteiger charge is 2.05. The second-order valence-electron chi connectivity index (χ2n) is 3.51. The molecule has 1 aromatic rings. The van der Waals surface area contributed by atoms with Gasteiger partial charge in [-0.1, -0.05) is 0 Å².